The Kier molecular flexibility index (Phi) is 5.07. The van der Waals surface area contributed by atoms with Crippen LogP contribution in [0.25, 0.3) is 16.1 Å². The van der Waals surface area contributed by atoms with Gasteiger partial charge in [-0.05, 0) is 65.2 Å². The third-order valence-electron chi connectivity index (χ3n) is 8.19. The van der Waals surface area contributed by atoms with Gasteiger partial charge in [0, 0.05) is 23.0 Å². The number of nitrogens with zero attached hydrogens (tertiary/aromatic N) is 3. The molecule has 3 heterocycles. The Bertz CT molecular complexity index is 1910. The normalized spacial score (nSPS) is 13.7. The summed E-state index contributed by atoms with van der Waals surface area (Å²) < 4.78 is 6.48. The fourth-order valence-corrected chi connectivity index (χ4v) is 6.53. The highest BCUT2D eigenvalue weighted by molar-refractivity contribution is 5.91. The fraction of sp³-hybridized carbons (Fsp3) is 0.0270. The van der Waals surface area contributed by atoms with Crippen molar-refractivity contribution >= 4 is 22.7 Å². The molecule has 0 fully saturated rings. The van der Waals surface area contributed by atoms with Crippen molar-refractivity contribution < 1.29 is 4.74 Å². The van der Waals surface area contributed by atoms with Gasteiger partial charge in [-0.25, -0.2) is 4.85 Å². The summed E-state index contributed by atoms with van der Waals surface area (Å²) in [5.41, 5.74) is 9.80. The predicted molar refractivity (Wildman–Crippen MR) is 163 cm³/mol. The van der Waals surface area contributed by atoms with Crippen molar-refractivity contribution in [1.29, 1.82) is 0 Å². The van der Waals surface area contributed by atoms with Crippen LogP contribution in [0.2, 0.25) is 0 Å². The monoisotopic (exact) mass is 525 g/mol. The quantitative estimate of drug-likeness (QED) is 0.211. The van der Waals surface area contributed by atoms with Crippen molar-refractivity contribution in [3.05, 3.63) is 173 Å². The number of hydrogen-bond acceptors (Lipinski definition) is 3. The molecule has 0 atom stereocenters. The number of para-hydroxylation sites is 4. The van der Waals surface area contributed by atoms with E-state index in [1.54, 1.807) is 12.3 Å². The Morgan fingerprint density at radius 2 is 1.15 bits per heavy atom. The fourth-order valence-electron chi connectivity index (χ4n) is 6.53. The van der Waals surface area contributed by atoms with Crippen LogP contribution in [0.5, 0.6) is 11.5 Å². The molecule has 0 unspecified atom stereocenters. The highest BCUT2D eigenvalue weighted by Crippen LogP contribution is 2.62. The lowest BCUT2D eigenvalue weighted by molar-refractivity contribution is 0.434. The molecule has 1 aromatic heterocycles. The molecule has 4 heteroatoms. The zero-order chi connectivity index (χ0) is 27.4. The Labute approximate surface area is 238 Å². The standard InChI is InChI=1S/C37H23N3O/c1-38-26-22-23-39-32(24-26)25-18-20-27(21-19-25)40-33-14-6-2-10-28(33)37(29-11-3-7-15-34(29)40)30-12-4-8-16-35(30)41-36-17-9-5-13-31(36)37/h2-24H. The predicted octanol–water partition coefficient (Wildman–Crippen LogP) is 9.57. The first-order chi connectivity index (χ1) is 20.3. The van der Waals surface area contributed by atoms with Gasteiger partial charge in [0.2, 0.25) is 0 Å². The number of anilines is 3. The molecule has 41 heavy (non-hydrogen) atoms. The summed E-state index contributed by atoms with van der Waals surface area (Å²) in [7, 11) is 0. The first-order valence-electron chi connectivity index (χ1n) is 13.6. The molecular formula is C37H23N3O. The van der Waals surface area contributed by atoms with Crippen LogP contribution < -0.4 is 9.64 Å². The summed E-state index contributed by atoms with van der Waals surface area (Å²) >= 11 is 0. The molecule has 0 radical (unpaired) electrons. The van der Waals surface area contributed by atoms with Gasteiger partial charge in [0.1, 0.15) is 11.5 Å². The minimum atomic E-state index is -0.542. The maximum absolute atomic E-state index is 7.36. The van der Waals surface area contributed by atoms with Gasteiger partial charge in [-0.2, -0.15) is 0 Å². The molecule has 5 aromatic carbocycles. The number of pyridine rings is 1. The molecule has 4 nitrogen and oxygen atoms in total. The minimum Gasteiger partial charge on any atom is -0.457 e. The van der Waals surface area contributed by atoms with Crippen LogP contribution in [0.1, 0.15) is 22.3 Å². The van der Waals surface area contributed by atoms with Crippen molar-refractivity contribution in [2.45, 2.75) is 5.41 Å². The van der Waals surface area contributed by atoms with Crippen LogP contribution in [0.3, 0.4) is 0 Å². The maximum Gasteiger partial charge on any atom is 0.190 e. The summed E-state index contributed by atoms with van der Waals surface area (Å²) in [5, 5.41) is 0. The van der Waals surface area contributed by atoms with Gasteiger partial charge in [-0.3, -0.25) is 4.98 Å². The van der Waals surface area contributed by atoms with Gasteiger partial charge in [0.25, 0.3) is 0 Å². The molecule has 2 aliphatic rings. The molecule has 0 saturated carbocycles. The average molecular weight is 526 g/mol. The van der Waals surface area contributed by atoms with Gasteiger partial charge < -0.3 is 9.64 Å². The minimum absolute atomic E-state index is 0.542. The number of aromatic nitrogens is 1. The van der Waals surface area contributed by atoms with Crippen LogP contribution in [0.15, 0.2) is 140 Å². The van der Waals surface area contributed by atoms with E-state index in [1.807, 2.05) is 18.2 Å². The number of ether oxygens (including phenoxy) is 1. The summed E-state index contributed by atoms with van der Waals surface area (Å²) in [6.45, 7) is 7.36. The van der Waals surface area contributed by atoms with Crippen molar-refractivity contribution in [2.75, 3.05) is 4.90 Å². The second kappa shape index (κ2) is 8.94. The molecule has 1 spiro atoms. The van der Waals surface area contributed by atoms with E-state index < -0.39 is 5.41 Å². The van der Waals surface area contributed by atoms with E-state index in [0.717, 1.165) is 50.9 Å². The van der Waals surface area contributed by atoms with Gasteiger partial charge in [0.15, 0.2) is 5.69 Å². The molecule has 0 aliphatic carbocycles. The molecule has 0 amide bonds. The topological polar surface area (TPSA) is 29.7 Å². The first-order valence-corrected chi connectivity index (χ1v) is 13.6. The van der Waals surface area contributed by atoms with E-state index in [2.05, 4.69) is 124 Å². The van der Waals surface area contributed by atoms with E-state index in [0.29, 0.717) is 5.69 Å². The lowest BCUT2D eigenvalue weighted by Crippen LogP contribution is -2.39. The molecule has 8 rings (SSSR count). The van der Waals surface area contributed by atoms with E-state index in [-0.39, 0.29) is 0 Å². The van der Waals surface area contributed by atoms with E-state index >= 15 is 0 Å². The van der Waals surface area contributed by atoms with Crippen molar-refractivity contribution in [3.8, 4) is 22.8 Å². The lowest BCUT2D eigenvalue weighted by atomic mass is 9.61. The summed E-state index contributed by atoms with van der Waals surface area (Å²) in [6.07, 6.45) is 1.69. The van der Waals surface area contributed by atoms with Crippen molar-refractivity contribution in [1.82, 2.24) is 4.98 Å². The highest BCUT2D eigenvalue weighted by Gasteiger charge is 2.50. The molecular weight excluding hydrogens is 502 g/mol. The molecule has 0 saturated heterocycles. The summed E-state index contributed by atoms with van der Waals surface area (Å²) in [4.78, 5) is 10.4. The van der Waals surface area contributed by atoms with Crippen LogP contribution in [0, 0.1) is 6.57 Å². The summed E-state index contributed by atoms with van der Waals surface area (Å²) in [5.74, 6) is 1.76. The Morgan fingerprint density at radius 1 is 0.610 bits per heavy atom. The van der Waals surface area contributed by atoms with Crippen LogP contribution >= 0.6 is 0 Å². The van der Waals surface area contributed by atoms with Crippen LogP contribution in [-0.2, 0) is 5.41 Å². The first kappa shape index (κ1) is 23.2. The zero-order valence-electron chi connectivity index (χ0n) is 22.0. The second-order valence-corrected chi connectivity index (χ2v) is 10.3. The molecule has 2 aliphatic heterocycles. The number of benzene rings is 5. The second-order valence-electron chi connectivity index (χ2n) is 10.3. The zero-order valence-corrected chi connectivity index (χ0v) is 22.0. The maximum atomic E-state index is 7.36. The van der Waals surface area contributed by atoms with Crippen molar-refractivity contribution in [2.24, 2.45) is 0 Å². The average Bonchev–Trinajstić information content (AvgIpc) is 3.05. The van der Waals surface area contributed by atoms with Crippen LogP contribution in [0.4, 0.5) is 22.7 Å². The van der Waals surface area contributed by atoms with E-state index in [1.165, 1.54) is 11.1 Å². The lowest BCUT2D eigenvalue weighted by Gasteiger charge is -2.48. The molecule has 6 aromatic rings. The Morgan fingerprint density at radius 3 is 1.73 bits per heavy atom. The number of rotatable bonds is 2. The SMILES string of the molecule is [C-]#[N+]c1ccnc(-c2ccc(N3c4ccccc4C4(c5ccccc5Oc5ccccc54)c4ccccc43)cc2)c1. The highest BCUT2D eigenvalue weighted by atomic mass is 16.5. The van der Waals surface area contributed by atoms with Crippen LogP contribution in [-0.4, -0.2) is 4.98 Å². The molecule has 192 valence electrons. The number of fused-ring (bicyclic) bond motifs is 8. The molecule has 0 bridgehead atoms. The van der Waals surface area contributed by atoms with Gasteiger partial charge in [0.05, 0.1) is 29.1 Å². The number of hydrogen-bond donors (Lipinski definition) is 0. The largest absolute Gasteiger partial charge is 0.457 e. The van der Waals surface area contributed by atoms with Gasteiger partial charge >= 0.3 is 0 Å². The third kappa shape index (κ3) is 3.30. The smallest absolute Gasteiger partial charge is 0.190 e. The Hall–Kier alpha value is -5.66. The van der Waals surface area contributed by atoms with Gasteiger partial charge in [-0.1, -0.05) is 84.9 Å². The third-order valence-corrected chi connectivity index (χ3v) is 8.19. The molecule has 0 N–H and O–H groups in total. The Balaban J connectivity index is 1.38. The van der Waals surface area contributed by atoms with Gasteiger partial charge in [-0.15, -0.1) is 0 Å². The summed E-state index contributed by atoms with van der Waals surface area (Å²) in [6, 6.07) is 46.2. The van der Waals surface area contributed by atoms with Crippen molar-refractivity contribution in [3.63, 3.8) is 0 Å². The van der Waals surface area contributed by atoms with E-state index in [4.69, 9.17) is 11.3 Å². The van der Waals surface area contributed by atoms with E-state index in [9.17, 15) is 0 Å².